The lowest BCUT2D eigenvalue weighted by Crippen LogP contribution is -2.40. The minimum atomic E-state index is -4.37. The van der Waals surface area contributed by atoms with Gasteiger partial charge in [-0.2, -0.15) is 13.2 Å². The Balaban J connectivity index is 2.46. The third-order valence-corrected chi connectivity index (χ3v) is 2.58. The van der Waals surface area contributed by atoms with Crippen molar-refractivity contribution in [2.24, 2.45) is 5.73 Å². The summed E-state index contributed by atoms with van der Waals surface area (Å²) >= 11 is 0. The van der Waals surface area contributed by atoms with Gasteiger partial charge in [0, 0.05) is 20.2 Å². The minimum Gasteiger partial charge on any atom is -0.484 e. The number of amides is 1. The second-order valence-corrected chi connectivity index (χ2v) is 4.23. The third kappa shape index (κ3) is 6.46. The summed E-state index contributed by atoms with van der Waals surface area (Å²) in [6.07, 6.45) is -5.09. The average molecular weight is 306 g/mol. The number of hydrogen-bond donors (Lipinski definition) is 2. The van der Waals surface area contributed by atoms with E-state index >= 15 is 0 Å². The van der Waals surface area contributed by atoms with E-state index in [2.05, 4.69) is 10.1 Å². The van der Waals surface area contributed by atoms with Crippen LogP contribution in [-0.4, -0.2) is 38.4 Å². The maximum atomic E-state index is 12.0. The Hall–Kier alpha value is -1.80. The van der Waals surface area contributed by atoms with E-state index in [9.17, 15) is 18.0 Å². The Morgan fingerprint density at radius 2 is 1.95 bits per heavy atom. The molecule has 0 spiro atoms. The van der Waals surface area contributed by atoms with Gasteiger partial charge in [0.05, 0.1) is 0 Å². The van der Waals surface area contributed by atoms with Crippen LogP contribution in [0.15, 0.2) is 24.3 Å². The highest BCUT2D eigenvalue weighted by Crippen LogP contribution is 2.18. The van der Waals surface area contributed by atoms with E-state index in [1.165, 1.54) is 19.2 Å². The predicted molar refractivity (Wildman–Crippen MR) is 69.7 cm³/mol. The van der Waals surface area contributed by atoms with Crippen LogP contribution in [0.2, 0.25) is 0 Å². The lowest BCUT2D eigenvalue weighted by atomic mass is 10.2. The fraction of sp³-hybridized carbons (Fsp3) is 0.462. The molecular formula is C13H17F3N2O3. The van der Waals surface area contributed by atoms with Gasteiger partial charge in [-0.05, 0) is 17.7 Å². The lowest BCUT2D eigenvalue weighted by molar-refractivity contribution is -0.153. The molecule has 0 heterocycles. The van der Waals surface area contributed by atoms with Crippen LogP contribution in [0, 0.1) is 0 Å². The van der Waals surface area contributed by atoms with Gasteiger partial charge in [0.1, 0.15) is 11.9 Å². The molecule has 0 aliphatic carbocycles. The number of rotatable bonds is 7. The fourth-order valence-electron chi connectivity index (χ4n) is 1.48. The number of carbonyl (C=O) groups excluding carboxylic acids is 1. The van der Waals surface area contributed by atoms with Crippen LogP contribution in [-0.2, 0) is 16.1 Å². The first-order valence-electron chi connectivity index (χ1n) is 6.15. The van der Waals surface area contributed by atoms with Crippen molar-refractivity contribution in [2.45, 2.75) is 18.8 Å². The van der Waals surface area contributed by atoms with E-state index < -0.39 is 18.9 Å². The van der Waals surface area contributed by atoms with Gasteiger partial charge in [0.2, 0.25) is 0 Å². The van der Waals surface area contributed by atoms with Crippen molar-refractivity contribution >= 4 is 5.91 Å². The molecule has 1 rings (SSSR count). The molecule has 1 amide bonds. The molecule has 0 saturated heterocycles. The Labute approximate surface area is 120 Å². The molecule has 21 heavy (non-hydrogen) atoms. The number of benzene rings is 1. The molecule has 3 N–H and O–H groups in total. The topological polar surface area (TPSA) is 73.6 Å². The minimum absolute atomic E-state index is 0.0621. The molecular weight excluding hydrogens is 289 g/mol. The van der Waals surface area contributed by atoms with Crippen LogP contribution in [0.3, 0.4) is 0 Å². The highest BCUT2D eigenvalue weighted by molar-refractivity contribution is 5.80. The highest BCUT2D eigenvalue weighted by Gasteiger charge is 2.28. The van der Waals surface area contributed by atoms with Crippen molar-refractivity contribution in [3.05, 3.63) is 29.8 Å². The summed E-state index contributed by atoms with van der Waals surface area (Å²) in [5.41, 5.74) is 6.06. The molecule has 0 saturated carbocycles. The number of alkyl halides is 3. The van der Waals surface area contributed by atoms with Crippen molar-refractivity contribution in [1.82, 2.24) is 5.32 Å². The van der Waals surface area contributed by atoms with Gasteiger partial charge in [-0.25, -0.2) is 0 Å². The maximum Gasteiger partial charge on any atom is 0.422 e. The molecule has 1 aromatic carbocycles. The average Bonchev–Trinajstić information content (AvgIpc) is 2.44. The molecule has 0 bridgehead atoms. The maximum absolute atomic E-state index is 12.0. The number of hydrogen-bond acceptors (Lipinski definition) is 4. The number of methoxy groups -OCH3 is 1. The third-order valence-electron chi connectivity index (χ3n) is 2.58. The summed E-state index contributed by atoms with van der Waals surface area (Å²) in [6.45, 7) is -1.06. The molecule has 1 aromatic rings. The van der Waals surface area contributed by atoms with Gasteiger partial charge in [-0.15, -0.1) is 0 Å². The van der Waals surface area contributed by atoms with Crippen molar-refractivity contribution < 1.29 is 27.4 Å². The lowest BCUT2D eigenvalue weighted by Gasteiger charge is -2.13. The van der Waals surface area contributed by atoms with Crippen molar-refractivity contribution in [3.63, 3.8) is 0 Å². The molecule has 0 aromatic heterocycles. The van der Waals surface area contributed by atoms with Gasteiger partial charge in [0.15, 0.2) is 6.61 Å². The van der Waals surface area contributed by atoms with Gasteiger partial charge in [0.25, 0.3) is 5.91 Å². The number of carbonyl (C=O) groups is 1. The summed E-state index contributed by atoms with van der Waals surface area (Å²) in [7, 11) is 1.38. The van der Waals surface area contributed by atoms with E-state index in [0.29, 0.717) is 0 Å². The Bertz CT molecular complexity index is 445. The number of ether oxygens (including phenoxy) is 2. The molecule has 8 heteroatoms. The predicted octanol–water partition coefficient (Wildman–Crippen LogP) is 1.22. The monoisotopic (exact) mass is 306 g/mol. The smallest absolute Gasteiger partial charge is 0.422 e. The normalized spacial score (nSPS) is 12.8. The first-order chi connectivity index (χ1) is 9.85. The Morgan fingerprint density at radius 3 is 2.43 bits per heavy atom. The summed E-state index contributed by atoms with van der Waals surface area (Å²) < 4.78 is 45.4. The van der Waals surface area contributed by atoms with Crippen LogP contribution in [0.1, 0.15) is 5.56 Å². The van der Waals surface area contributed by atoms with Crippen LogP contribution in [0.4, 0.5) is 13.2 Å². The second kappa shape index (κ2) is 7.84. The molecule has 1 unspecified atom stereocenters. The van der Waals surface area contributed by atoms with Crippen LogP contribution in [0.25, 0.3) is 0 Å². The molecule has 0 aliphatic heterocycles. The SMILES string of the molecule is COC(CN)C(=O)NCc1ccc(OCC(F)(F)F)cc1. The van der Waals surface area contributed by atoms with E-state index in [1.54, 1.807) is 12.1 Å². The quantitative estimate of drug-likeness (QED) is 0.794. The summed E-state index contributed by atoms with van der Waals surface area (Å²) in [5, 5.41) is 2.61. The molecule has 118 valence electrons. The molecule has 1 atom stereocenters. The van der Waals surface area contributed by atoms with Crippen LogP contribution in [0.5, 0.6) is 5.75 Å². The highest BCUT2D eigenvalue weighted by atomic mass is 19.4. The fourth-order valence-corrected chi connectivity index (χ4v) is 1.48. The van der Waals surface area contributed by atoms with Gasteiger partial charge in [-0.1, -0.05) is 12.1 Å². The van der Waals surface area contributed by atoms with E-state index in [0.717, 1.165) is 5.56 Å². The first-order valence-corrected chi connectivity index (χ1v) is 6.15. The number of nitrogens with one attached hydrogen (secondary N) is 1. The molecule has 0 aliphatic rings. The van der Waals surface area contributed by atoms with Crippen molar-refractivity contribution in [3.8, 4) is 5.75 Å². The summed E-state index contributed by atoms with van der Waals surface area (Å²) in [4.78, 5) is 11.6. The first kappa shape index (κ1) is 17.3. The molecule has 0 radical (unpaired) electrons. The van der Waals surface area contributed by atoms with E-state index in [4.69, 9.17) is 10.5 Å². The van der Waals surface area contributed by atoms with Crippen LogP contribution < -0.4 is 15.8 Å². The zero-order valence-corrected chi connectivity index (χ0v) is 11.4. The molecule has 0 fully saturated rings. The van der Waals surface area contributed by atoms with Crippen molar-refractivity contribution in [2.75, 3.05) is 20.3 Å². The summed E-state index contributed by atoms with van der Waals surface area (Å²) in [5.74, 6) is -0.239. The van der Waals surface area contributed by atoms with E-state index in [-0.39, 0.29) is 24.7 Å². The van der Waals surface area contributed by atoms with E-state index in [1.807, 2.05) is 0 Å². The number of nitrogens with two attached hydrogens (primary N) is 1. The zero-order chi connectivity index (χ0) is 15.9. The van der Waals surface area contributed by atoms with Crippen LogP contribution >= 0.6 is 0 Å². The number of halogens is 3. The van der Waals surface area contributed by atoms with Crippen molar-refractivity contribution in [1.29, 1.82) is 0 Å². The van der Waals surface area contributed by atoms with Gasteiger partial charge >= 0.3 is 6.18 Å². The second-order valence-electron chi connectivity index (χ2n) is 4.23. The zero-order valence-electron chi connectivity index (χ0n) is 11.4. The van der Waals surface area contributed by atoms with Gasteiger partial charge < -0.3 is 20.5 Å². The van der Waals surface area contributed by atoms with Gasteiger partial charge in [-0.3, -0.25) is 4.79 Å². The Morgan fingerprint density at radius 1 is 1.33 bits per heavy atom. The largest absolute Gasteiger partial charge is 0.484 e. The standard InChI is InChI=1S/C13H17F3N2O3/c1-20-11(6-17)12(19)18-7-9-2-4-10(5-3-9)21-8-13(14,15)16/h2-5,11H,6-8,17H2,1H3,(H,18,19). The Kier molecular flexibility index (Phi) is 6.44. The summed E-state index contributed by atoms with van der Waals surface area (Å²) in [6, 6.07) is 5.94. The molecule has 5 nitrogen and oxygen atoms in total.